The van der Waals surface area contributed by atoms with Gasteiger partial charge in [-0.1, -0.05) is 29.0 Å². The number of anilines is 1. The van der Waals surface area contributed by atoms with Crippen LogP contribution < -0.4 is 5.73 Å². The SMILES string of the molecule is Nc1nnc(Cc2ccc(F)cc2Cl)s1. The quantitative estimate of drug-likeness (QED) is 0.882. The van der Waals surface area contributed by atoms with Crippen molar-refractivity contribution in [3.05, 3.63) is 39.6 Å². The summed E-state index contributed by atoms with van der Waals surface area (Å²) in [5.74, 6) is -0.347. The van der Waals surface area contributed by atoms with Crippen molar-refractivity contribution in [3.63, 3.8) is 0 Å². The molecule has 3 nitrogen and oxygen atoms in total. The van der Waals surface area contributed by atoms with Crippen molar-refractivity contribution in [2.24, 2.45) is 0 Å². The second-order valence-corrected chi connectivity index (χ2v) is 4.45. The number of hydrogen-bond donors (Lipinski definition) is 1. The highest BCUT2D eigenvalue weighted by molar-refractivity contribution is 7.15. The number of nitrogen functional groups attached to an aromatic ring is 1. The van der Waals surface area contributed by atoms with Gasteiger partial charge in [-0.3, -0.25) is 0 Å². The number of aromatic nitrogens is 2. The predicted molar refractivity (Wildman–Crippen MR) is 58.5 cm³/mol. The summed E-state index contributed by atoms with van der Waals surface area (Å²) in [6, 6.07) is 4.28. The minimum Gasteiger partial charge on any atom is -0.374 e. The molecule has 0 aliphatic rings. The van der Waals surface area contributed by atoms with Crippen LogP contribution in [0.2, 0.25) is 5.02 Å². The molecule has 0 radical (unpaired) electrons. The highest BCUT2D eigenvalue weighted by Gasteiger charge is 2.06. The fourth-order valence-electron chi connectivity index (χ4n) is 1.17. The van der Waals surface area contributed by atoms with Crippen molar-refractivity contribution in [3.8, 4) is 0 Å². The van der Waals surface area contributed by atoms with E-state index in [-0.39, 0.29) is 5.82 Å². The molecule has 1 aromatic carbocycles. The van der Waals surface area contributed by atoms with E-state index in [4.69, 9.17) is 17.3 Å². The molecule has 2 rings (SSSR count). The molecular formula is C9H7ClFN3S. The monoisotopic (exact) mass is 243 g/mol. The second kappa shape index (κ2) is 4.12. The zero-order valence-corrected chi connectivity index (χ0v) is 9.15. The van der Waals surface area contributed by atoms with Gasteiger partial charge in [-0.15, -0.1) is 10.2 Å². The van der Waals surface area contributed by atoms with Gasteiger partial charge >= 0.3 is 0 Å². The summed E-state index contributed by atoms with van der Waals surface area (Å²) in [6.07, 6.45) is 0.522. The average molecular weight is 244 g/mol. The van der Waals surface area contributed by atoms with Crippen molar-refractivity contribution in [2.45, 2.75) is 6.42 Å². The van der Waals surface area contributed by atoms with Crippen LogP contribution in [0.5, 0.6) is 0 Å². The normalized spacial score (nSPS) is 10.5. The van der Waals surface area contributed by atoms with Gasteiger partial charge in [0.05, 0.1) is 0 Å². The van der Waals surface area contributed by atoms with Crippen LogP contribution in [0.25, 0.3) is 0 Å². The average Bonchev–Trinajstić information content (AvgIpc) is 2.56. The van der Waals surface area contributed by atoms with E-state index in [1.807, 2.05) is 0 Å². The molecule has 0 unspecified atom stereocenters. The van der Waals surface area contributed by atoms with Gasteiger partial charge in [0.25, 0.3) is 0 Å². The summed E-state index contributed by atoms with van der Waals surface area (Å²) >= 11 is 7.17. The third-order valence-electron chi connectivity index (χ3n) is 1.84. The summed E-state index contributed by atoms with van der Waals surface area (Å²) in [6.45, 7) is 0. The maximum absolute atomic E-state index is 12.8. The Morgan fingerprint density at radius 3 is 2.80 bits per heavy atom. The minimum absolute atomic E-state index is 0.347. The molecule has 0 spiro atoms. The number of nitrogens with two attached hydrogens (primary N) is 1. The first-order chi connectivity index (χ1) is 7.15. The van der Waals surface area contributed by atoms with Gasteiger partial charge < -0.3 is 5.73 Å². The van der Waals surface area contributed by atoms with Crippen LogP contribution in [-0.2, 0) is 6.42 Å². The molecule has 78 valence electrons. The first-order valence-electron chi connectivity index (χ1n) is 4.17. The van der Waals surface area contributed by atoms with E-state index >= 15 is 0 Å². The van der Waals surface area contributed by atoms with Gasteiger partial charge in [0.2, 0.25) is 5.13 Å². The molecule has 0 atom stereocenters. The fourth-order valence-corrected chi connectivity index (χ4v) is 2.03. The first kappa shape index (κ1) is 10.3. The standard InChI is InChI=1S/C9H7ClFN3S/c10-7-4-6(11)2-1-5(7)3-8-13-14-9(12)15-8/h1-2,4H,3H2,(H2,12,14). The van der Waals surface area contributed by atoms with Gasteiger partial charge in [-0.05, 0) is 17.7 Å². The Bertz CT molecular complexity index is 486. The second-order valence-electron chi connectivity index (χ2n) is 2.95. The molecule has 0 bridgehead atoms. The number of hydrogen-bond acceptors (Lipinski definition) is 4. The molecule has 2 N–H and O–H groups in total. The molecule has 2 aromatic rings. The molecule has 6 heteroatoms. The van der Waals surface area contributed by atoms with E-state index in [1.165, 1.54) is 23.5 Å². The molecule has 15 heavy (non-hydrogen) atoms. The minimum atomic E-state index is -0.347. The van der Waals surface area contributed by atoms with Crippen molar-refractivity contribution in [1.82, 2.24) is 10.2 Å². The molecule has 0 aliphatic heterocycles. The smallest absolute Gasteiger partial charge is 0.203 e. The summed E-state index contributed by atoms with van der Waals surface area (Å²) in [5, 5.41) is 9.13. The predicted octanol–water partition coefficient (Wildman–Crippen LogP) is 2.50. The van der Waals surface area contributed by atoms with Crippen LogP contribution in [-0.4, -0.2) is 10.2 Å². The van der Waals surface area contributed by atoms with E-state index in [0.29, 0.717) is 16.6 Å². The van der Waals surface area contributed by atoms with Crippen molar-refractivity contribution in [2.75, 3.05) is 5.73 Å². The Labute approximate surface area is 94.7 Å². The molecule has 0 saturated heterocycles. The Balaban J connectivity index is 2.24. The van der Waals surface area contributed by atoms with Gasteiger partial charge in [-0.25, -0.2) is 4.39 Å². The van der Waals surface area contributed by atoms with E-state index in [1.54, 1.807) is 6.07 Å². The van der Waals surface area contributed by atoms with Crippen LogP contribution in [0.3, 0.4) is 0 Å². The summed E-state index contributed by atoms with van der Waals surface area (Å²) in [5.41, 5.74) is 6.26. The van der Waals surface area contributed by atoms with Gasteiger partial charge in [0.1, 0.15) is 10.8 Å². The highest BCUT2D eigenvalue weighted by atomic mass is 35.5. The Morgan fingerprint density at radius 2 is 2.20 bits per heavy atom. The van der Waals surface area contributed by atoms with Crippen molar-refractivity contribution in [1.29, 1.82) is 0 Å². The molecule has 0 aliphatic carbocycles. The summed E-state index contributed by atoms with van der Waals surface area (Å²) in [4.78, 5) is 0. The van der Waals surface area contributed by atoms with Gasteiger partial charge in [0.15, 0.2) is 0 Å². The Kier molecular flexibility index (Phi) is 2.83. The Hall–Kier alpha value is -1.20. The van der Waals surface area contributed by atoms with E-state index < -0.39 is 0 Å². The maximum atomic E-state index is 12.8. The molecule has 1 heterocycles. The van der Waals surface area contributed by atoms with Crippen LogP contribution in [0.4, 0.5) is 9.52 Å². The van der Waals surface area contributed by atoms with Crippen molar-refractivity contribution < 1.29 is 4.39 Å². The lowest BCUT2D eigenvalue weighted by atomic mass is 10.1. The molecule has 0 fully saturated rings. The third-order valence-corrected chi connectivity index (χ3v) is 2.94. The van der Waals surface area contributed by atoms with Crippen LogP contribution in [0.1, 0.15) is 10.6 Å². The summed E-state index contributed by atoms with van der Waals surface area (Å²) < 4.78 is 12.8. The lowest BCUT2D eigenvalue weighted by Gasteiger charge is -2.00. The molecule has 1 aromatic heterocycles. The van der Waals surface area contributed by atoms with Crippen LogP contribution in [0.15, 0.2) is 18.2 Å². The van der Waals surface area contributed by atoms with E-state index in [9.17, 15) is 4.39 Å². The van der Waals surface area contributed by atoms with Gasteiger partial charge in [0, 0.05) is 11.4 Å². The topological polar surface area (TPSA) is 51.8 Å². The highest BCUT2D eigenvalue weighted by Crippen LogP contribution is 2.22. The zero-order chi connectivity index (χ0) is 10.8. The number of rotatable bonds is 2. The van der Waals surface area contributed by atoms with Crippen LogP contribution >= 0.6 is 22.9 Å². The largest absolute Gasteiger partial charge is 0.374 e. The van der Waals surface area contributed by atoms with E-state index in [0.717, 1.165) is 10.6 Å². The number of halogens is 2. The first-order valence-corrected chi connectivity index (χ1v) is 5.36. The lowest BCUT2D eigenvalue weighted by molar-refractivity contribution is 0.627. The lowest BCUT2D eigenvalue weighted by Crippen LogP contribution is -1.89. The maximum Gasteiger partial charge on any atom is 0.203 e. The summed E-state index contributed by atoms with van der Waals surface area (Å²) in [7, 11) is 0. The zero-order valence-electron chi connectivity index (χ0n) is 7.58. The third kappa shape index (κ3) is 2.43. The molecular weight excluding hydrogens is 237 g/mol. The molecule has 0 amide bonds. The van der Waals surface area contributed by atoms with Crippen molar-refractivity contribution >= 4 is 28.1 Å². The number of benzene rings is 1. The fraction of sp³-hybridized carbons (Fsp3) is 0.111. The molecule has 0 saturated carbocycles. The van der Waals surface area contributed by atoms with E-state index in [2.05, 4.69) is 10.2 Å². The number of nitrogens with zero attached hydrogens (tertiary/aromatic N) is 2. The Morgan fingerprint density at radius 1 is 1.40 bits per heavy atom. The van der Waals surface area contributed by atoms with Crippen LogP contribution in [0, 0.1) is 5.82 Å². The van der Waals surface area contributed by atoms with Gasteiger partial charge in [-0.2, -0.15) is 0 Å².